The maximum Gasteiger partial charge on any atom is 0.239 e. The number of rotatable bonds is 2. The minimum atomic E-state index is -0.569. The first-order chi connectivity index (χ1) is 10.3. The maximum atomic E-state index is 12.9. The van der Waals surface area contributed by atoms with Crippen LogP contribution in [-0.2, 0) is 16.8 Å². The van der Waals surface area contributed by atoms with Crippen molar-refractivity contribution in [2.24, 2.45) is 5.92 Å². The third-order valence-corrected chi connectivity index (χ3v) is 4.60. The van der Waals surface area contributed by atoms with Crippen LogP contribution in [0.2, 0.25) is 0 Å². The first-order valence-electron chi connectivity index (χ1n) is 7.12. The van der Waals surface area contributed by atoms with E-state index >= 15 is 0 Å². The minimum absolute atomic E-state index is 0.0825. The van der Waals surface area contributed by atoms with Gasteiger partial charge in [0.1, 0.15) is 0 Å². The molecule has 0 unspecified atom stereocenters. The van der Waals surface area contributed by atoms with Gasteiger partial charge in [0.2, 0.25) is 5.91 Å². The largest absolute Gasteiger partial charge is 0.307 e. The van der Waals surface area contributed by atoms with E-state index in [0.717, 1.165) is 16.8 Å². The molecule has 1 fully saturated rings. The summed E-state index contributed by atoms with van der Waals surface area (Å²) in [5.74, 6) is -0.0916. The number of carbonyl (C=O) groups excluding carboxylic acids is 1. The molecule has 0 saturated heterocycles. The summed E-state index contributed by atoms with van der Waals surface area (Å²) in [4.78, 5) is 14.7. The second-order valence-electron chi connectivity index (χ2n) is 5.75. The molecule has 1 heterocycles. The number of anilines is 1. The van der Waals surface area contributed by atoms with Gasteiger partial charge in [-0.25, -0.2) is 0 Å². The molecule has 3 heteroatoms. The van der Waals surface area contributed by atoms with Crippen LogP contribution in [-0.4, -0.2) is 5.91 Å². The zero-order valence-corrected chi connectivity index (χ0v) is 11.5. The molecule has 2 aromatic rings. The lowest BCUT2D eigenvalue weighted by atomic mass is 9.95. The Morgan fingerprint density at radius 2 is 1.86 bits per heavy atom. The maximum absolute atomic E-state index is 12.9. The van der Waals surface area contributed by atoms with Crippen molar-refractivity contribution < 1.29 is 4.79 Å². The number of carbonyl (C=O) groups is 1. The lowest BCUT2D eigenvalue weighted by molar-refractivity contribution is -0.120. The number of hydrogen-bond acceptors (Lipinski definition) is 2. The van der Waals surface area contributed by atoms with Crippen molar-refractivity contribution in [1.82, 2.24) is 0 Å². The van der Waals surface area contributed by atoms with E-state index in [4.69, 9.17) is 0 Å². The molecule has 0 N–H and O–H groups in total. The second-order valence-corrected chi connectivity index (χ2v) is 5.75. The van der Waals surface area contributed by atoms with Crippen molar-refractivity contribution in [3.05, 3.63) is 65.7 Å². The summed E-state index contributed by atoms with van der Waals surface area (Å²) in [5, 5.41) is 9.23. The Morgan fingerprint density at radius 1 is 1.14 bits per heavy atom. The minimum Gasteiger partial charge on any atom is -0.307 e. The van der Waals surface area contributed by atoms with Gasteiger partial charge in [-0.15, -0.1) is 0 Å². The summed E-state index contributed by atoms with van der Waals surface area (Å²) >= 11 is 0. The molecule has 102 valence electrons. The monoisotopic (exact) mass is 274 g/mol. The highest BCUT2D eigenvalue weighted by Crippen LogP contribution is 2.61. The average Bonchev–Trinajstić information content (AvgIpc) is 3.24. The molecular formula is C18H14N2O. The van der Waals surface area contributed by atoms with E-state index < -0.39 is 5.41 Å². The molecule has 1 aliphatic heterocycles. The molecular weight excluding hydrogens is 260 g/mol. The molecule has 4 rings (SSSR count). The standard InChI is InChI=1S/C18H14N2O/c19-11-14-10-18(14)15-8-4-5-9-16(15)20(17(18)21)12-13-6-2-1-3-7-13/h1-9,14H,10,12H2/t14-,18-/m0/s1. The summed E-state index contributed by atoms with van der Waals surface area (Å²) in [6.45, 7) is 0.566. The summed E-state index contributed by atoms with van der Waals surface area (Å²) in [6, 6.07) is 20.1. The van der Waals surface area contributed by atoms with Crippen LogP contribution in [0.4, 0.5) is 5.69 Å². The summed E-state index contributed by atoms with van der Waals surface area (Å²) < 4.78 is 0. The third kappa shape index (κ3) is 1.56. The fourth-order valence-electron chi connectivity index (χ4n) is 3.43. The molecule has 0 aromatic heterocycles. The van der Waals surface area contributed by atoms with Gasteiger partial charge in [0.25, 0.3) is 0 Å². The van der Waals surface area contributed by atoms with Crippen molar-refractivity contribution in [3.63, 3.8) is 0 Å². The first kappa shape index (κ1) is 12.2. The molecule has 1 saturated carbocycles. The number of fused-ring (bicyclic) bond motifs is 2. The fraction of sp³-hybridized carbons (Fsp3) is 0.222. The molecule has 0 bridgehead atoms. The van der Waals surface area contributed by atoms with Crippen molar-refractivity contribution >= 4 is 11.6 Å². The fourth-order valence-corrected chi connectivity index (χ4v) is 3.43. The highest BCUT2D eigenvalue weighted by molar-refractivity contribution is 6.10. The predicted molar refractivity (Wildman–Crippen MR) is 79.5 cm³/mol. The molecule has 2 atom stereocenters. The topological polar surface area (TPSA) is 44.1 Å². The Balaban J connectivity index is 1.77. The molecule has 3 nitrogen and oxygen atoms in total. The highest BCUT2D eigenvalue weighted by atomic mass is 16.2. The van der Waals surface area contributed by atoms with Gasteiger partial charge >= 0.3 is 0 Å². The molecule has 21 heavy (non-hydrogen) atoms. The lowest BCUT2D eigenvalue weighted by Gasteiger charge is -2.18. The van der Waals surface area contributed by atoms with E-state index in [1.807, 2.05) is 59.5 Å². The predicted octanol–water partition coefficient (Wildman–Crippen LogP) is 3.01. The number of nitriles is 1. The molecule has 0 radical (unpaired) electrons. The second kappa shape index (κ2) is 4.20. The zero-order valence-electron chi connectivity index (χ0n) is 11.5. The van der Waals surface area contributed by atoms with Gasteiger partial charge in [0, 0.05) is 5.69 Å². The van der Waals surface area contributed by atoms with Crippen LogP contribution in [0.5, 0.6) is 0 Å². The van der Waals surface area contributed by atoms with E-state index in [-0.39, 0.29) is 11.8 Å². The van der Waals surface area contributed by atoms with Crippen LogP contribution in [0.1, 0.15) is 17.5 Å². The van der Waals surface area contributed by atoms with Gasteiger partial charge in [-0.05, 0) is 23.6 Å². The molecule has 1 amide bonds. The molecule has 1 aliphatic carbocycles. The highest BCUT2D eigenvalue weighted by Gasteiger charge is 2.67. The van der Waals surface area contributed by atoms with E-state index in [2.05, 4.69) is 6.07 Å². The summed E-state index contributed by atoms with van der Waals surface area (Å²) in [7, 11) is 0. The average molecular weight is 274 g/mol. The summed E-state index contributed by atoms with van der Waals surface area (Å²) in [6.07, 6.45) is 0.657. The molecule has 2 aromatic carbocycles. The molecule has 1 spiro atoms. The normalized spacial score (nSPS) is 25.8. The summed E-state index contributed by atoms with van der Waals surface area (Å²) in [5.41, 5.74) is 2.52. The third-order valence-electron chi connectivity index (χ3n) is 4.60. The Kier molecular flexibility index (Phi) is 2.43. The van der Waals surface area contributed by atoms with Crippen LogP contribution >= 0.6 is 0 Å². The SMILES string of the molecule is N#C[C@@H]1C[C@]12C(=O)N(Cc1ccccc1)c1ccccc12. The van der Waals surface area contributed by atoms with E-state index in [0.29, 0.717) is 13.0 Å². The van der Waals surface area contributed by atoms with Gasteiger partial charge in [-0.1, -0.05) is 48.5 Å². The van der Waals surface area contributed by atoms with E-state index in [9.17, 15) is 10.1 Å². The van der Waals surface area contributed by atoms with Crippen LogP contribution < -0.4 is 4.90 Å². The number of nitrogens with zero attached hydrogens (tertiary/aromatic N) is 2. The van der Waals surface area contributed by atoms with E-state index in [1.54, 1.807) is 0 Å². The van der Waals surface area contributed by atoms with Crippen LogP contribution in [0, 0.1) is 17.2 Å². The number of amides is 1. The number of para-hydroxylation sites is 1. The molecule has 2 aliphatic rings. The first-order valence-corrected chi connectivity index (χ1v) is 7.12. The quantitative estimate of drug-likeness (QED) is 0.845. The van der Waals surface area contributed by atoms with Gasteiger partial charge < -0.3 is 4.90 Å². The smallest absolute Gasteiger partial charge is 0.239 e. The van der Waals surface area contributed by atoms with Crippen molar-refractivity contribution in [2.45, 2.75) is 18.4 Å². The van der Waals surface area contributed by atoms with Gasteiger partial charge in [-0.2, -0.15) is 5.26 Å². The Labute approximate surface area is 123 Å². The Hall–Kier alpha value is -2.60. The van der Waals surface area contributed by atoms with Gasteiger partial charge in [-0.3, -0.25) is 4.79 Å². The van der Waals surface area contributed by atoms with Crippen molar-refractivity contribution in [2.75, 3.05) is 4.90 Å². The van der Waals surface area contributed by atoms with Crippen LogP contribution in [0.15, 0.2) is 54.6 Å². The van der Waals surface area contributed by atoms with Crippen molar-refractivity contribution in [3.8, 4) is 6.07 Å². The van der Waals surface area contributed by atoms with Crippen LogP contribution in [0.3, 0.4) is 0 Å². The van der Waals surface area contributed by atoms with Gasteiger partial charge in [0.05, 0.1) is 23.9 Å². The number of hydrogen-bond donors (Lipinski definition) is 0. The lowest BCUT2D eigenvalue weighted by Crippen LogP contribution is -2.32. The van der Waals surface area contributed by atoms with E-state index in [1.165, 1.54) is 0 Å². The Morgan fingerprint density at radius 3 is 2.57 bits per heavy atom. The van der Waals surface area contributed by atoms with Crippen molar-refractivity contribution in [1.29, 1.82) is 5.26 Å². The van der Waals surface area contributed by atoms with Gasteiger partial charge in [0.15, 0.2) is 0 Å². The zero-order chi connectivity index (χ0) is 14.4. The number of benzene rings is 2. The van der Waals surface area contributed by atoms with Crippen LogP contribution in [0.25, 0.3) is 0 Å². The Bertz CT molecular complexity index is 762.